The van der Waals surface area contributed by atoms with Gasteiger partial charge < -0.3 is 5.73 Å². The molecule has 4 heteroatoms. The second kappa shape index (κ2) is 6.35. The van der Waals surface area contributed by atoms with Crippen LogP contribution >= 0.6 is 0 Å². The predicted octanol–water partition coefficient (Wildman–Crippen LogP) is 1.99. The van der Waals surface area contributed by atoms with Crippen LogP contribution in [0.2, 0.25) is 0 Å². The monoisotopic (exact) mass is 234 g/mol. The first-order valence-electron chi connectivity index (χ1n) is 6.08. The van der Waals surface area contributed by atoms with Crippen molar-refractivity contribution in [3.05, 3.63) is 29.6 Å². The van der Waals surface area contributed by atoms with E-state index in [1.807, 2.05) is 12.1 Å². The van der Waals surface area contributed by atoms with Crippen molar-refractivity contribution in [1.82, 2.24) is 9.88 Å². The highest BCUT2D eigenvalue weighted by atomic mass is 15.1. The smallest absolute Gasteiger partial charge is 0.142 e. The molecule has 1 aromatic heterocycles. The summed E-state index contributed by atoms with van der Waals surface area (Å²) in [6.45, 7) is 5.18. The van der Waals surface area contributed by atoms with E-state index in [0.717, 1.165) is 24.9 Å². The molecule has 94 valence electrons. The third-order valence-electron chi connectivity index (χ3n) is 3.13. The molecule has 0 aromatic carbocycles. The molecule has 0 spiro atoms. The molecule has 0 aliphatic heterocycles. The van der Waals surface area contributed by atoms with Crippen molar-refractivity contribution >= 4 is 5.84 Å². The minimum absolute atomic E-state index is 0.0403. The average Bonchev–Trinajstić information content (AvgIpc) is 2.31. The van der Waals surface area contributed by atoms with Crippen molar-refractivity contribution in [3.63, 3.8) is 0 Å². The van der Waals surface area contributed by atoms with Gasteiger partial charge in [-0.3, -0.25) is 15.3 Å². The number of nitrogens with zero attached hydrogens (tertiary/aromatic N) is 2. The van der Waals surface area contributed by atoms with Gasteiger partial charge in [0.05, 0.1) is 0 Å². The molecular formula is C13H22N4. The number of nitrogens with two attached hydrogens (primary N) is 1. The Hall–Kier alpha value is -1.42. The molecule has 0 unspecified atom stereocenters. The Morgan fingerprint density at radius 3 is 2.65 bits per heavy atom. The van der Waals surface area contributed by atoms with Crippen molar-refractivity contribution in [3.8, 4) is 0 Å². The lowest BCUT2D eigenvalue weighted by Gasteiger charge is -2.26. The van der Waals surface area contributed by atoms with Crippen molar-refractivity contribution in [1.29, 1.82) is 5.41 Å². The van der Waals surface area contributed by atoms with E-state index in [9.17, 15) is 0 Å². The highest BCUT2D eigenvalue weighted by Crippen LogP contribution is 2.13. The van der Waals surface area contributed by atoms with Gasteiger partial charge in [-0.25, -0.2) is 0 Å². The molecule has 0 atom stereocenters. The third kappa shape index (κ3) is 3.53. The van der Waals surface area contributed by atoms with Crippen LogP contribution < -0.4 is 5.73 Å². The van der Waals surface area contributed by atoms with Crippen LogP contribution in [0.1, 0.15) is 37.9 Å². The Kier molecular flexibility index (Phi) is 5.10. The zero-order valence-electron chi connectivity index (χ0n) is 10.9. The van der Waals surface area contributed by atoms with Gasteiger partial charge in [0.1, 0.15) is 11.5 Å². The molecule has 0 radical (unpaired) electrons. The van der Waals surface area contributed by atoms with E-state index in [4.69, 9.17) is 11.1 Å². The number of nitrogens with one attached hydrogen (secondary N) is 1. The normalized spacial score (nSPS) is 11.1. The minimum Gasteiger partial charge on any atom is -0.382 e. The summed E-state index contributed by atoms with van der Waals surface area (Å²) in [5.74, 6) is 0.0403. The molecule has 3 N–H and O–H groups in total. The third-order valence-corrected chi connectivity index (χ3v) is 3.13. The first-order chi connectivity index (χ1) is 8.10. The molecule has 1 heterocycles. The zero-order valence-corrected chi connectivity index (χ0v) is 10.9. The van der Waals surface area contributed by atoms with Crippen LogP contribution in [-0.2, 0) is 6.54 Å². The maximum atomic E-state index is 7.51. The summed E-state index contributed by atoms with van der Waals surface area (Å²) in [6.07, 6.45) is 3.93. The molecule has 0 fully saturated rings. The van der Waals surface area contributed by atoms with Gasteiger partial charge in [0.25, 0.3) is 0 Å². The summed E-state index contributed by atoms with van der Waals surface area (Å²) in [4.78, 5) is 6.46. The van der Waals surface area contributed by atoms with Gasteiger partial charge in [0.2, 0.25) is 0 Å². The number of amidine groups is 1. The molecule has 4 nitrogen and oxygen atoms in total. The largest absolute Gasteiger partial charge is 0.382 e. The van der Waals surface area contributed by atoms with E-state index in [1.54, 1.807) is 6.20 Å². The van der Waals surface area contributed by atoms with Crippen LogP contribution in [-0.4, -0.2) is 28.8 Å². The Labute approximate surface area is 103 Å². The number of hydrogen-bond donors (Lipinski definition) is 2. The second-order valence-corrected chi connectivity index (χ2v) is 4.31. The molecule has 0 aliphatic carbocycles. The predicted molar refractivity (Wildman–Crippen MR) is 71.1 cm³/mol. The molecule has 0 aliphatic rings. The number of aromatic nitrogens is 1. The van der Waals surface area contributed by atoms with Crippen molar-refractivity contribution in [2.75, 3.05) is 7.05 Å². The second-order valence-electron chi connectivity index (χ2n) is 4.31. The fourth-order valence-corrected chi connectivity index (χ4v) is 2.12. The van der Waals surface area contributed by atoms with Crippen LogP contribution in [0.5, 0.6) is 0 Å². The maximum Gasteiger partial charge on any atom is 0.142 e. The zero-order chi connectivity index (χ0) is 12.8. The molecule has 0 saturated carbocycles. The van der Waals surface area contributed by atoms with E-state index in [1.165, 1.54) is 0 Å². The minimum atomic E-state index is 0.0403. The fraction of sp³-hybridized carbons (Fsp3) is 0.538. The molecular weight excluding hydrogens is 212 g/mol. The van der Waals surface area contributed by atoms with E-state index < -0.39 is 0 Å². The summed E-state index contributed by atoms with van der Waals surface area (Å²) in [6, 6.07) is 4.44. The van der Waals surface area contributed by atoms with Crippen LogP contribution in [0, 0.1) is 5.41 Å². The topological polar surface area (TPSA) is 66.0 Å². The first-order valence-corrected chi connectivity index (χ1v) is 6.08. The molecule has 0 amide bonds. The highest BCUT2D eigenvalue weighted by Gasteiger charge is 2.13. The van der Waals surface area contributed by atoms with E-state index >= 15 is 0 Å². The quantitative estimate of drug-likeness (QED) is 0.584. The van der Waals surface area contributed by atoms with E-state index in [0.29, 0.717) is 11.7 Å². The maximum absolute atomic E-state index is 7.51. The van der Waals surface area contributed by atoms with Crippen LogP contribution in [0.4, 0.5) is 0 Å². The summed E-state index contributed by atoms with van der Waals surface area (Å²) in [5.41, 5.74) is 7.16. The molecule has 0 saturated heterocycles. The van der Waals surface area contributed by atoms with E-state index in [2.05, 4.69) is 30.8 Å². The Bertz CT molecular complexity index is 371. The van der Waals surface area contributed by atoms with Gasteiger partial charge in [0.15, 0.2) is 0 Å². The fourth-order valence-electron chi connectivity index (χ4n) is 2.12. The summed E-state index contributed by atoms with van der Waals surface area (Å²) < 4.78 is 0. The van der Waals surface area contributed by atoms with Crippen LogP contribution in [0.15, 0.2) is 18.3 Å². The molecule has 17 heavy (non-hydrogen) atoms. The lowest BCUT2D eigenvalue weighted by Crippen LogP contribution is -2.31. The van der Waals surface area contributed by atoms with Crippen LogP contribution in [0.3, 0.4) is 0 Å². The summed E-state index contributed by atoms with van der Waals surface area (Å²) in [7, 11) is 2.11. The van der Waals surface area contributed by atoms with Crippen molar-refractivity contribution in [2.45, 2.75) is 39.3 Å². The molecule has 0 bridgehead atoms. The Morgan fingerprint density at radius 2 is 2.12 bits per heavy atom. The summed E-state index contributed by atoms with van der Waals surface area (Å²) in [5, 5.41) is 7.51. The van der Waals surface area contributed by atoms with E-state index in [-0.39, 0.29) is 5.84 Å². The number of rotatable bonds is 6. The lowest BCUT2D eigenvalue weighted by atomic mass is 10.1. The SMILES string of the molecule is CCC(CC)N(C)Cc1cccnc1C(=N)N. The number of pyridine rings is 1. The number of hydrogen-bond acceptors (Lipinski definition) is 3. The highest BCUT2D eigenvalue weighted by molar-refractivity contribution is 5.94. The molecule has 1 rings (SSSR count). The lowest BCUT2D eigenvalue weighted by molar-refractivity contribution is 0.221. The van der Waals surface area contributed by atoms with Crippen LogP contribution in [0.25, 0.3) is 0 Å². The standard InChI is InChI=1S/C13H22N4/c1-4-11(5-2)17(3)9-10-7-6-8-16-12(10)13(14)15/h6-8,11H,4-5,9H2,1-3H3,(H3,14,15). The van der Waals surface area contributed by atoms with Gasteiger partial charge in [-0.05, 0) is 31.5 Å². The van der Waals surface area contributed by atoms with Gasteiger partial charge in [0, 0.05) is 18.8 Å². The first kappa shape index (κ1) is 13.6. The van der Waals surface area contributed by atoms with Gasteiger partial charge in [-0.1, -0.05) is 19.9 Å². The van der Waals surface area contributed by atoms with Gasteiger partial charge >= 0.3 is 0 Å². The summed E-state index contributed by atoms with van der Waals surface area (Å²) >= 11 is 0. The Balaban J connectivity index is 2.84. The van der Waals surface area contributed by atoms with Crippen molar-refractivity contribution < 1.29 is 0 Å². The Morgan fingerprint density at radius 1 is 1.47 bits per heavy atom. The van der Waals surface area contributed by atoms with Gasteiger partial charge in [-0.15, -0.1) is 0 Å². The van der Waals surface area contributed by atoms with Gasteiger partial charge in [-0.2, -0.15) is 0 Å². The average molecular weight is 234 g/mol. The van der Waals surface area contributed by atoms with Crippen molar-refractivity contribution in [2.24, 2.45) is 5.73 Å². The number of nitrogen functional groups attached to an aromatic ring is 1. The molecule has 1 aromatic rings.